The number of carbonyl (C=O) groups is 1. The van der Waals surface area contributed by atoms with Crippen LogP contribution in [0.3, 0.4) is 0 Å². The van der Waals surface area contributed by atoms with Crippen LogP contribution in [-0.4, -0.2) is 45.0 Å². The van der Waals surface area contributed by atoms with Gasteiger partial charge in [-0.25, -0.2) is 0 Å². The second-order valence-corrected chi connectivity index (χ2v) is 11.5. The maximum atomic E-state index is 11.7. The molecule has 3 atom stereocenters. The summed E-state index contributed by atoms with van der Waals surface area (Å²) in [6.07, 6.45) is 0.134. The topological polar surface area (TPSA) is 38.8 Å². The number of hydrogen-bond acceptors (Lipinski definition) is 4. The van der Waals surface area contributed by atoms with Crippen LogP contribution >= 0.6 is 0 Å². The lowest BCUT2D eigenvalue weighted by atomic mass is 10.00. The number of carbonyl (C=O) groups excluding carboxylic acids is 1. The number of benzene rings is 1. The Bertz CT molecular complexity index is 500. The van der Waals surface area contributed by atoms with Crippen molar-refractivity contribution >= 4 is 14.1 Å². The van der Waals surface area contributed by atoms with Crippen LogP contribution in [0.5, 0.6) is 0 Å². The Kier molecular flexibility index (Phi) is 5.55. The molecule has 4 nitrogen and oxygen atoms in total. The molecule has 1 fully saturated rings. The van der Waals surface area contributed by atoms with E-state index in [-0.39, 0.29) is 24.2 Å². The Balaban J connectivity index is 2.20. The molecule has 0 amide bonds. The molecule has 0 bridgehead atoms. The van der Waals surface area contributed by atoms with Gasteiger partial charge in [0, 0.05) is 6.42 Å². The van der Waals surface area contributed by atoms with Crippen LogP contribution in [0, 0.1) is 0 Å². The number of likely N-dealkylation sites (N-methyl/N-ethyl adjacent to an activating group) is 1. The zero-order chi connectivity index (χ0) is 16.3. The lowest BCUT2D eigenvalue weighted by molar-refractivity contribution is -0.187. The van der Waals surface area contributed by atoms with Crippen LogP contribution in [0.1, 0.15) is 24.9 Å². The minimum atomic E-state index is -1.73. The van der Waals surface area contributed by atoms with Crippen molar-refractivity contribution in [2.75, 3.05) is 13.7 Å². The van der Waals surface area contributed by atoms with E-state index in [2.05, 4.69) is 43.7 Å². The first-order valence-electron chi connectivity index (χ1n) is 7.83. The van der Waals surface area contributed by atoms with Crippen LogP contribution in [0.25, 0.3) is 0 Å². The van der Waals surface area contributed by atoms with E-state index in [4.69, 9.17) is 9.16 Å². The summed E-state index contributed by atoms with van der Waals surface area (Å²) in [6, 6.07) is 10.4. The number of Topliss-reactive ketones (excluding diaryl/α,β-unsaturated/α-hetero) is 1. The molecule has 1 unspecified atom stereocenters. The highest BCUT2D eigenvalue weighted by Gasteiger charge is 2.39. The van der Waals surface area contributed by atoms with Gasteiger partial charge in [-0.2, -0.15) is 0 Å². The fourth-order valence-corrected chi connectivity index (χ4v) is 3.76. The number of hydrogen-bond donors (Lipinski definition) is 0. The number of ether oxygens (including phenoxy) is 1. The Morgan fingerprint density at radius 1 is 1.32 bits per heavy atom. The zero-order valence-electron chi connectivity index (χ0n) is 14.2. The quantitative estimate of drug-likeness (QED) is 0.781. The van der Waals surface area contributed by atoms with Crippen molar-refractivity contribution in [3.05, 3.63) is 35.9 Å². The SMILES string of the molecule is CC(=O)C[C@@H]1C(O[Si](C)(C)C)OC[C@@H](c2ccccc2)N1C. The van der Waals surface area contributed by atoms with Gasteiger partial charge in [-0.3, -0.25) is 9.69 Å². The van der Waals surface area contributed by atoms with Gasteiger partial charge in [-0.15, -0.1) is 0 Å². The summed E-state index contributed by atoms with van der Waals surface area (Å²) in [6.45, 7) is 8.65. The van der Waals surface area contributed by atoms with Gasteiger partial charge < -0.3 is 9.16 Å². The fourth-order valence-electron chi connectivity index (χ4n) is 2.84. The zero-order valence-corrected chi connectivity index (χ0v) is 15.2. The lowest BCUT2D eigenvalue weighted by Gasteiger charge is -2.45. The van der Waals surface area contributed by atoms with E-state index in [9.17, 15) is 4.79 Å². The van der Waals surface area contributed by atoms with Gasteiger partial charge in [0.1, 0.15) is 5.78 Å². The molecule has 5 heteroatoms. The fraction of sp³-hybridized carbons (Fsp3) is 0.588. The molecule has 0 aliphatic carbocycles. The molecule has 1 saturated heterocycles. The summed E-state index contributed by atoms with van der Waals surface area (Å²) in [5.41, 5.74) is 1.21. The van der Waals surface area contributed by atoms with Crippen molar-refractivity contribution in [1.29, 1.82) is 0 Å². The monoisotopic (exact) mass is 321 g/mol. The van der Waals surface area contributed by atoms with Gasteiger partial charge in [0.05, 0.1) is 18.7 Å². The molecule has 1 aromatic rings. The second kappa shape index (κ2) is 7.04. The Morgan fingerprint density at radius 2 is 1.95 bits per heavy atom. The van der Waals surface area contributed by atoms with Crippen molar-refractivity contribution in [3.63, 3.8) is 0 Å². The van der Waals surface area contributed by atoms with E-state index in [1.54, 1.807) is 6.92 Å². The summed E-state index contributed by atoms with van der Waals surface area (Å²) in [7, 11) is 0.333. The highest BCUT2D eigenvalue weighted by Crippen LogP contribution is 2.32. The van der Waals surface area contributed by atoms with Crippen molar-refractivity contribution in [2.45, 2.75) is 51.4 Å². The molecule has 2 rings (SSSR count). The standard InChI is InChI=1S/C17H27NO3Si/c1-13(19)11-15-17(21-22(3,4)5)20-12-16(18(15)2)14-9-7-6-8-10-14/h6-10,15-17H,11-12H2,1-5H3/t15-,16+,17?/m1/s1. The van der Waals surface area contributed by atoms with E-state index in [0.29, 0.717) is 13.0 Å². The van der Waals surface area contributed by atoms with Crippen LogP contribution < -0.4 is 0 Å². The third-order valence-electron chi connectivity index (χ3n) is 3.90. The highest BCUT2D eigenvalue weighted by molar-refractivity contribution is 6.69. The molecular weight excluding hydrogens is 294 g/mol. The molecule has 0 spiro atoms. The molecule has 1 aliphatic rings. The maximum Gasteiger partial charge on any atom is 0.187 e. The van der Waals surface area contributed by atoms with Gasteiger partial charge in [0.15, 0.2) is 14.6 Å². The number of rotatable bonds is 5. The van der Waals surface area contributed by atoms with Crippen LogP contribution in [0.4, 0.5) is 0 Å². The van der Waals surface area contributed by atoms with E-state index >= 15 is 0 Å². The van der Waals surface area contributed by atoms with Crippen LogP contribution in [0.2, 0.25) is 19.6 Å². The first-order chi connectivity index (χ1) is 10.3. The van der Waals surface area contributed by atoms with Gasteiger partial charge in [0.2, 0.25) is 0 Å². The Labute approximate surface area is 134 Å². The molecule has 0 aromatic heterocycles. The largest absolute Gasteiger partial charge is 0.392 e. The molecule has 0 N–H and O–H groups in total. The summed E-state index contributed by atoms with van der Waals surface area (Å²) in [5, 5.41) is 0. The predicted octanol–water partition coefficient (Wildman–Crippen LogP) is 3.22. The summed E-state index contributed by atoms with van der Waals surface area (Å²) >= 11 is 0. The van der Waals surface area contributed by atoms with Crippen LogP contribution in [-0.2, 0) is 14.0 Å². The van der Waals surface area contributed by atoms with Crippen molar-refractivity contribution in [3.8, 4) is 0 Å². The normalized spacial score (nSPS) is 26.9. The summed E-state index contributed by atoms with van der Waals surface area (Å²) in [4.78, 5) is 13.9. The first-order valence-corrected chi connectivity index (χ1v) is 11.2. The minimum Gasteiger partial charge on any atom is -0.392 e. The average molecular weight is 321 g/mol. The predicted molar refractivity (Wildman–Crippen MR) is 90.2 cm³/mol. The van der Waals surface area contributed by atoms with E-state index in [1.807, 2.05) is 18.2 Å². The molecule has 1 heterocycles. The average Bonchev–Trinajstić information content (AvgIpc) is 2.42. The molecular formula is C17H27NO3Si. The molecule has 1 aliphatic heterocycles. The third-order valence-corrected chi connectivity index (χ3v) is 4.84. The van der Waals surface area contributed by atoms with Crippen molar-refractivity contribution < 1.29 is 14.0 Å². The van der Waals surface area contributed by atoms with Crippen LogP contribution in [0.15, 0.2) is 30.3 Å². The number of ketones is 1. The van der Waals surface area contributed by atoms with E-state index in [1.165, 1.54) is 5.56 Å². The van der Waals surface area contributed by atoms with Gasteiger partial charge in [-0.1, -0.05) is 30.3 Å². The van der Waals surface area contributed by atoms with Gasteiger partial charge >= 0.3 is 0 Å². The van der Waals surface area contributed by atoms with Crippen molar-refractivity contribution in [2.24, 2.45) is 0 Å². The minimum absolute atomic E-state index is 0.0387. The van der Waals surface area contributed by atoms with E-state index < -0.39 is 8.32 Å². The Hall–Kier alpha value is -1.01. The molecule has 0 saturated carbocycles. The first kappa shape index (κ1) is 17.3. The highest BCUT2D eigenvalue weighted by atomic mass is 28.4. The number of nitrogens with zero attached hydrogens (tertiary/aromatic N) is 1. The summed E-state index contributed by atoms with van der Waals surface area (Å²) in [5.74, 6) is 0.165. The van der Waals surface area contributed by atoms with Crippen molar-refractivity contribution in [1.82, 2.24) is 4.90 Å². The summed E-state index contributed by atoms with van der Waals surface area (Å²) < 4.78 is 12.2. The third kappa shape index (κ3) is 4.49. The maximum absolute atomic E-state index is 11.7. The second-order valence-electron chi connectivity index (χ2n) is 7.00. The smallest absolute Gasteiger partial charge is 0.187 e. The molecule has 0 radical (unpaired) electrons. The molecule has 122 valence electrons. The lowest BCUT2D eigenvalue weighted by Crippen LogP contribution is -2.55. The van der Waals surface area contributed by atoms with Gasteiger partial charge in [0.25, 0.3) is 0 Å². The number of morpholine rings is 1. The van der Waals surface area contributed by atoms with E-state index in [0.717, 1.165) is 0 Å². The van der Waals surface area contributed by atoms with Gasteiger partial charge in [-0.05, 0) is 39.2 Å². The molecule has 1 aromatic carbocycles. The molecule has 22 heavy (non-hydrogen) atoms. The Morgan fingerprint density at radius 3 is 2.50 bits per heavy atom.